The Hall–Kier alpha value is -2.80. The molecule has 120 valence electrons. The van der Waals surface area contributed by atoms with Gasteiger partial charge >= 0.3 is 0 Å². The number of benzene rings is 3. The minimum atomic E-state index is -0.0752. The summed E-state index contributed by atoms with van der Waals surface area (Å²) in [7, 11) is 0. The van der Waals surface area contributed by atoms with E-state index in [-0.39, 0.29) is 11.8 Å². The average Bonchev–Trinajstić information content (AvgIpc) is 2.64. The van der Waals surface area contributed by atoms with Gasteiger partial charge in [0, 0.05) is 5.92 Å². The third-order valence-electron chi connectivity index (χ3n) is 4.42. The smallest absolute Gasteiger partial charge is 0.101 e. The van der Waals surface area contributed by atoms with Gasteiger partial charge in [-0.25, -0.2) is 0 Å². The molecule has 0 aromatic heterocycles. The van der Waals surface area contributed by atoms with E-state index < -0.39 is 0 Å². The Morgan fingerprint density at radius 3 is 1.71 bits per heavy atom. The Kier molecular flexibility index (Phi) is 5.12. The standard InChI is InChI=1S/C23H22O/c1-18(20-13-7-3-8-14-20)23(21-15-9-4-10-16-21)22(24)17-19-11-5-2-6-12-19/h2-18,23-24H,1H3/b22-17-. The van der Waals surface area contributed by atoms with Gasteiger partial charge in [0.05, 0.1) is 0 Å². The molecule has 24 heavy (non-hydrogen) atoms. The molecule has 0 fully saturated rings. The number of hydrogen-bond acceptors (Lipinski definition) is 1. The Bertz CT molecular complexity index is 776. The summed E-state index contributed by atoms with van der Waals surface area (Å²) in [6.07, 6.45) is 1.87. The molecule has 1 N–H and O–H groups in total. The van der Waals surface area contributed by atoms with E-state index in [1.54, 1.807) is 0 Å². The highest BCUT2D eigenvalue weighted by atomic mass is 16.3. The van der Waals surface area contributed by atoms with Gasteiger partial charge in [-0.05, 0) is 28.7 Å². The van der Waals surface area contributed by atoms with Crippen molar-refractivity contribution in [3.05, 3.63) is 113 Å². The van der Waals surface area contributed by atoms with E-state index in [1.165, 1.54) is 5.56 Å². The maximum atomic E-state index is 10.9. The molecule has 0 aliphatic rings. The summed E-state index contributed by atoms with van der Waals surface area (Å²) in [5.41, 5.74) is 3.36. The molecule has 2 atom stereocenters. The first kappa shape index (κ1) is 16.1. The van der Waals surface area contributed by atoms with Crippen LogP contribution in [-0.2, 0) is 0 Å². The summed E-state index contributed by atoms with van der Waals surface area (Å²) >= 11 is 0. The zero-order valence-corrected chi connectivity index (χ0v) is 13.8. The van der Waals surface area contributed by atoms with Crippen LogP contribution in [0.15, 0.2) is 96.8 Å². The topological polar surface area (TPSA) is 20.2 Å². The molecule has 0 amide bonds. The number of allylic oxidation sites excluding steroid dienone is 1. The Balaban J connectivity index is 2.01. The normalized spacial score (nSPS) is 14.1. The van der Waals surface area contributed by atoms with Crippen molar-refractivity contribution >= 4 is 6.08 Å². The molecular weight excluding hydrogens is 292 g/mol. The Morgan fingerprint density at radius 1 is 0.708 bits per heavy atom. The highest BCUT2D eigenvalue weighted by molar-refractivity contribution is 5.54. The number of hydrogen-bond donors (Lipinski definition) is 1. The molecule has 0 spiro atoms. The molecule has 0 saturated heterocycles. The predicted molar refractivity (Wildman–Crippen MR) is 101 cm³/mol. The number of rotatable bonds is 5. The highest BCUT2D eigenvalue weighted by Gasteiger charge is 2.24. The zero-order valence-electron chi connectivity index (χ0n) is 13.8. The van der Waals surface area contributed by atoms with Crippen molar-refractivity contribution in [3.63, 3.8) is 0 Å². The zero-order chi connectivity index (χ0) is 16.8. The van der Waals surface area contributed by atoms with Gasteiger partial charge in [0.15, 0.2) is 0 Å². The van der Waals surface area contributed by atoms with Crippen LogP contribution in [0.25, 0.3) is 6.08 Å². The summed E-state index contributed by atoms with van der Waals surface area (Å²) in [5.74, 6) is 0.492. The van der Waals surface area contributed by atoms with Gasteiger partial charge in [0.2, 0.25) is 0 Å². The molecule has 0 saturated carbocycles. The van der Waals surface area contributed by atoms with Gasteiger partial charge in [0.25, 0.3) is 0 Å². The van der Waals surface area contributed by atoms with Crippen molar-refractivity contribution in [2.75, 3.05) is 0 Å². The summed E-state index contributed by atoms with van der Waals surface area (Å²) < 4.78 is 0. The average molecular weight is 314 g/mol. The maximum Gasteiger partial charge on any atom is 0.101 e. The van der Waals surface area contributed by atoms with Crippen LogP contribution in [0.3, 0.4) is 0 Å². The molecule has 0 aliphatic heterocycles. The molecule has 0 bridgehead atoms. The van der Waals surface area contributed by atoms with E-state index in [0.29, 0.717) is 5.76 Å². The van der Waals surface area contributed by atoms with Gasteiger partial charge in [0.1, 0.15) is 5.76 Å². The summed E-state index contributed by atoms with van der Waals surface area (Å²) in [6, 6.07) is 30.5. The van der Waals surface area contributed by atoms with E-state index in [4.69, 9.17) is 0 Å². The van der Waals surface area contributed by atoms with E-state index in [2.05, 4.69) is 31.2 Å². The first-order valence-electron chi connectivity index (χ1n) is 8.31. The van der Waals surface area contributed by atoms with Crippen molar-refractivity contribution in [3.8, 4) is 0 Å². The van der Waals surface area contributed by atoms with Crippen molar-refractivity contribution in [2.45, 2.75) is 18.8 Å². The molecule has 3 rings (SSSR count). The fraction of sp³-hybridized carbons (Fsp3) is 0.130. The van der Waals surface area contributed by atoms with Gasteiger partial charge in [-0.2, -0.15) is 0 Å². The van der Waals surface area contributed by atoms with Crippen LogP contribution >= 0.6 is 0 Å². The number of aliphatic hydroxyl groups is 1. The third-order valence-corrected chi connectivity index (χ3v) is 4.42. The molecule has 3 aromatic rings. The predicted octanol–water partition coefficient (Wildman–Crippen LogP) is 6.17. The van der Waals surface area contributed by atoms with Crippen LogP contribution in [0.5, 0.6) is 0 Å². The van der Waals surface area contributed by atoms with Crippen LogP contribution in [-0.4, -0.2) is 5.11 Å². The molecule has 0 radical (unpaired) electrons. The van der Waals surface area contributed by atoms with Crippen molar-refractivity contribution < 1.29 is 5.11 Å². The fourth-order valence-electron chi connectivity index (χ4n) is 3.13. The van der Waals surface area contributed by atoms with Gasteiger partial charge < -0.3 is 5.11 Å². The summed E-state index contributed by atoms with van der Waals surface area (Å²) in [6.45, 7) is 2.17. The van der Waals surface area contributed by atoms with E-state index in [1.807, 2.05) is 72.8 Å². The van der Waals surface area contributed by atoms with E-state index >= 15 is 0 Å². The third kappa shape index (κ3) is 3.75. The molecule has 0 aliphatic carbocycles. The second kappa shape index (κ2) is 7.65. The highest BCUT2D eigenvalue weighted by Crippen LogP contribution is 2.37. The largest absolute Gasteiger partial charge is 0.512 e. The van der Waals surface area contributed by atoms with Gasteiger partial charge in [-0.3, -0.25) is 0 Å². The SMILES string of the molecule is CC(c1ccccc1)C(/C(O)=C/c1ccccc1)c1ccccc1. The Labute approximate surface area is 143 Å². The van der Waals surface area contributed by atoms with Crippen molar-refractivity contribution in [1.82, 2.24) is 0 Å². The Morgan fingerprint density at radius 2 is 1.17 bits per heavy atom. The second-order valence-corrected chi connectivity index (χ2v) is 6.07. The van der Waals surface area contributed by atoms with Crippen LogP contribution in [0.4, 0.5) is 0 Å². The second-order valence-electron chi connectivity index (χ2n) is 6.07. The lowest BCUT2D eigenvalue weighted by Gasteiger charge is -2.24. The van der Waals surface area contributed by atoms with E-state index in [9.17, 15) is 5.11 Å². The van der Waals surface area contributed by atoms with Crippen molar-refractivity contribution in [2.24, 2.45) is 0 Å². The molecule has 1 heteroatoms. The minimum Gasteiger partial charge on any atom is -0.512 e. The van der Waals surface area contributed by atoms with Gasteiger partial charge in [-0.1, -0.05) is 97.9 Å². The van der Waals surface area contributed by atoms with Crippen LogP contribution in [0.2, 0.25) is 0 Å². The summed E-state index contributed by atoms with van der Waals surface area (Å²) in [5, 5.41) is 10.9. The van der Waals surface area contributed by atoms with Crippen LogP contribution in [0.1, 0.15) is 35.4 Å². The van der Waals surface area contributed by atoms with Crippen LogP contribution < -0.4 is 0 Å². The molecular formula is C23H22O. The first-order valence-corrected chi connectivity index (χ1v) is 8.31. The summed E-state index contributed by atoms with van der Waals surface area (Å²) in [4.78, 5) is 0. The minimum absolute atomic E-state index is 0.0752. The lowest BCUT2D eigenvalue weighted by molar-refractivity contribution is 0.356. The molecule has 3 aromatic carbocycles. The lowest BCUT2D eigenvalue weighted by Crippen LogP contribution is -2.11. The van der Waals surface area contributed by atoms with Gasteiger partial charge in [-0.15, -0.1) is 0 Å². The fourth-order valence-corrected chi connectivity index (χ4v) is 3.13. The molecule has 2 unspecified atom stereocenters. The van der Waals surface area contributed by atoms with Crippen molar-refractivity contribution in [1.29, 1.82) is 0 Å². The van der Waals surface area contributed by atoms with Crippen LogP contribution in [0, 0.1) is 0 Å². The van der Waals surface area contributed by atoms with E-state index in [0.717, 1.165) is 11.1 Å². The quantitative estimate of drug-likeness (QED) is 0.558. The monoisotopic (exact) mass is 314 g/mol. The molecule has 0 heterocycles. The maximum absolute atomic E-state index is 10.9. The lowest BCUT2D eigenvalue weighted by atomic mass is 9.81. The number of aliphatic hydroxyl groups excluding tert-OH is 1. The first-order chi connectivity index (χ1) is 11.8. The molecule has 1 nitrogen and oxygen atoms in total.